The number of benzene rings is 1. The van der Waals surface area contributed by atoms with Gasteiger partial charge in [-0.2, -0.15) is 5.10 Å². The molecular weight excluding hydrogens is 302 g/mol. The minimum atomic E-state index is -0.225. The average Bonchev–Trinajstić information content (AvgIpc) is 3.00. The monoisotopic (exact) mass is 319 g/mol. The Hall–Kier alpha value is -1.85. The highest BCUT2D eigenvalue weighted by atomic mass is 35.5. The first-order valence-electron chi connectivity index (χ1n) is 7.42. The summed E-state index contributed by atoms with van der Waals surface area (Å²) in [4.78, 5) is 12.2. The maximum Gasteiger partial charge on any atom is 0.269 e. The molecule has 1 heterocycles. The minimum Gasteiger partial charge on any atom is -0.393 e. The Labute approximate surface area is 133 Å². The fourth-order valence-electron chi connectivity index (χ4n) is 2.69. The lowest BCUT2D eigenvalue weighted by atomic mass is 9.93. The minimum absolute atomic E-state index is 0.123. The van der Waals surface area contributed by atoms with Crippen molar-refractivity contribution in [3.63, 3.8) is 0 Å². The molecule has 6 heteroatoms. The fourth-order valence-corrected chi connectivity index (χ4v) is 2.82. The van der Waals surface area contributed by atoms with E-state index in [0.717, 1.165) is 31.2 Å². The maximum atomic E-state index is 12.2. The number of carbonyl (C=O) groups is 1. The molecule has 1 fully saturated rings. The van der Waals surface area contributed by atoms with Crippen LogP contribution < -0.4 is 5.32 Å². The van der Waals surface area contributed by atoms with Crippen LogP contribution in [0.1, 0.15) is 36.2 Å². The molecule has 3 N–H and O–H groups in total. The molecular formula is C16H18ClN3O2. The smallest absolute Gasteiger partial charge is 0.269 e. The van der Waals surface area contributed by atoms with Gasteiger partial charge in [-0.3, -0.25) is 9.89 Å². The lowest BCUT2D eigenvalue weighted by molar-refractivity contribution is 0.0863. The number of hydrogen-bond acceptors (Lipinski definition) is 3. The van der Waals surface area contributed by atoms with Crippen LogP contribution in [-0.4, -0.2) is 33.4 Å². The predicted molar refractivity (Wildman–Crippen MR) is 84.8 cm³/mol. The van der Waals surface area contributed by atoms with Crippen LogP contribution in [-0.2, 0) is 0 Å². The summed E-state index contributed by atoms with van der Waals surface area (Å²) >= 11 is 5.86. The summed E-state index contributed by atoms with van der Waals surface area (Å²) in [5.41, 5.74) is 2.05. The number of H-pyrrole nitrogens is 1. The van der Waals surface area contributed by atoms with Crippen molar-refractivity contribution in [3.05, 3.63) is 41.0 Å². The average molecular weight is 320 g/mol. The van der Waals surface area contributed by atoms with Crippen LogP contribution in [0.5, 0.6) is 0 Å². The standard InChI is InChI=1S/C16H18ClN3O2/c17-11-3-1-10(2-4-11)14-9-15(20-19-14)16(22)18-12-5-7-13(21)8-6-12/h1-4,9,12-13,21H,5-8H2,(H,18,22)(H,19,20). The van der Waals surface area contributed by atoms with Gasteiger partial charge in [-0.25, -0.2) is 0 Å². The highest BCUT2D eigenvalue weighted by Crippen LogP contribution is 2.21. The molecule has 1 saturated carbocycles. The Morgan fingerprint density at radius 2 is 1.91 bits per heavy atom. The van der Waals surface area contributed by atoms with Crippen molar-refractivity contribution in [1.82, 2.24) is 15.5 Å². The molecule has 1 amide bonds. The summed E-state index contributed by atoms with van der Waals surface area (Å²) < 4.78 is 0. The molecule has 0 radical (unpaired) electrons. The lowest BCUT2D eigenvalue weighted by Gasteiger charge is -2.25. The molecule has 22 heavy (non-hydrogen) atoms. The van der Waals surface area contributed by atoms with E-state index in [4.69, 9.17) is 11.6 Å². The van der Waals surface area contributed by atoms with Gasteiger partial charge in [-0.05, 0) is 43.9 Å². The Balaban J connectivity index is 1.65. The van der Waals surface area contributed by atoms with E-state index in [1.807, 2.05) is 12.1 Å². The molecule has 1 aromatic carbocycles. The second-order valence-electron chi connectivity index (χ2n) is 5.65. The zero-order valence-corrected chi connectivity index (χ0v) is 12.8. The third kappa shape index (κ3) is 3.48. The maximum absolute atomic E-state index is 12.2. The van der Waals surface area contributed by atoms with Crippen LogP contribution in [0.15, 0.2) is 30.3 Å². The van der Waals surface area contributed by atoms with E-state index in [0.29, 0.717) is 16.4 Å². The van der Waals surface area contributed by atoms with Gasteiger partial charge in [-0.1, -0.05) is 23.7 Å². The molecule has 0 unspecified atom stereocenters. The number of amides is 1. The Morgan fingerprint density at radius 1 is 1.23 bits per heavy atom. The van der Waals surface area contributed by atoms with Gasteiger partial charge in [0.2, 0.25) is 0 Å². The van der Waals surface area contributed by atoms with E-state index in [9.17, 15) is 9.90 Å². The normalized spacial score (nSPS) is 21.5. The number of carbonyl (C=O) groups excluding carboxylic acids is 1. The highest BCUT2D eigenvalue weighted by Gasteiger charge is 2.22. The zero-order chi connectivity index (χ0) is 15.5. The summed E-state index contributed by atoms with van der Waals surface area (Å²) in [5, 5.41) is 20.1. The first kappa shape index (κ1) is 15.1. The van der Waals surface area contributed by atoms with Gasteiger partial charge < -0.3 is 10.4 Å². The number of aromatic amines is 1. The largest absolute Gasteiger partial charge is 0.393 e. The highest BCUT2D eigenvalue weighted by molar-refractivity contribution is 6.30. The predicted octanol–water partition coefficient (Wildman–Crippen LogP) is 2.76. The Morgan fingerprint density at radius 3 is 2.59 bits per heavy atom. The van der Waals surface area contributed by atoms with Gasteiger partial charge in [0.1, 0.15) is 5.69 Å². The van der Waals surface area contributed by atoms with Crippen molar-refractivity contribution in [2.75, 3.05) is 0 Å². The van der Waals surface area contributed by atoms with Crippen molar-refractivity contribution in [3.8, 4) is 11.3 Å². The first-order chi connectivity index (χ1) is 10.6. The van der Waals surface area contributed by atoms with E-state index in [-0.39, 0.29) is 18.1 Å². The van der Waals surface area contributed by atoms with Gasteiger partial charge in [0.25, 0.3) is 5.91 Å². The molecule has 0 bridgehead atoms. The molecule has 1 aliphatic rings. The second kappa shape index (κ2) is 6.50. The Bertz CT molecular complexity index is 646. The number of nitrogens with zero attached hydrogens (tertiary/aromatic N) is 1. The van der Waals surface area contributed by atoms with E-state index in [1.165, 1.54) is 0 Å². The third-order valence-electron chi connectivity index (χ3n) is 3.99. The van der Waals surface area contributed by atoms with Crippen molar-refractivity contribution < 1.29 is 9.90 Å². The SMILES string of the molecule is O=C(NC1CCC(O)CC1)c1cc(-c2ccc(Cl)cc2)n[nH]1. The van der Waals surface area contributed by atoms with Gasteiger partial charge in [0.05, 0.1) is 11.8 Å². The number of rotatable bonds is 3. The summed E-state index contributed by atoms with van der Waals surface area (Å²) in [6, 6.07) is 9.16. The molecule has 5 nitrogen and oxygen atoms in total. The van der Waals surface area contributed by atoms with Gasteiger partial charge >= 0.3 is 0 Å². The molecule has 0 atom stereocenters. The van der Waals surface area contributed by atoms with Gasteiger partial charge in [-0.15, -0.1) is 0 Å². The lowest BCUT2D eigenvalue weighted by Crippen LogP contribution is -2.38. The number of aromatic nitrogens is 2. The number of aliphatic hydroxyl groups is 1. The quantitative estimate of drug-likeness (QED) is 0.814. The van der Waals surface area contributed by atoms with Crippen LogP contribution in [0.25, 0.3) is 11.3 Å². The van der Waals surface area contributed by atoms with Crippen molar-refractivity contribution in [2.24, 2.45) is 0 Å². The molecule has 1 aromatic heterocycles. The van der Waals surface area contributed by atoms with E-state index >= 15 is 0 Å². The fraction of sp³-hybridized carbons (Fsp3) is 0.375. The molecule has 2 aromatic rings. The molecule has 0 aliphatic heterocycles. The molecule has 0 saturated heterocycles. The second-order valence-corrected chi connectivity index (χ2v) is 6.09. The van der Waals surface area contributed by atoms with Crippen molar-refractivity contribution in [1.29, 1.82) is 0 Å². The van der Waals surface area contributed by atoms with Crippen LogP contribution in [0.4, 0.5) is 0 Å². The zero-order valence-electron chi connectivity index (χ0n) is 12.1. The molecule has 0 spiro atoms. The number of halogens is 1. The van der Waals surface area contributed by atoms with Crippen LogP contribution >= 0.6 is 11.6 Å². The van der Waals surface area contributed by atoms with Crippen LogP contribution in [0.3, 0.4) is 0 Å². The number of hydrogen-bond donors (Lipinski definition) is 3. The summed E-state index contributed by atoms with van der Waals surface area (Å²) in [6.07, 6.45) is 2.88. The molecule has 1 aliphatic carbocycles. The third-order valence-corrected chi connectivity index (χ3v) is 4.25. The number of aliphatic hydroxyl groups excluding tert-OH is 1. The van der Waals surface area contributed by atoms with E-state index < -0.39 is 0 Å². The van der Waals surface area contributed by atoms with Crippen LogP contribution in [0.2, 0.25) is 5.02 Å². The number of nitrogens with one attached hydrogen (secondary N) is 2. The van der Waals surface area contributed by atoms with E-state index in [2.05, 4.69) is 15.5 Å². The van der Waals surface area contributed by atoms with Crippen molar-refractivity contribution >= 4 is 17.5 Å². The van der Waals surface area contributed by atoms with Gasteiger partial charge in [0.15, 0.2) is 0 Å². The first-order valence-corrected chi connectivity index (χ1v) is 7.80. The topological polar surface area (TPSA) is 78.0 Å². The van der Waals surface area contributed by atoms with E-state index in [1.54, 1.807) is 18.2 Å². The summed E-state index contributed by atoms with van der Waals surface area (Å²) in [5.74, 6) is -0.158. The molecule has 3 rings (SSSR count). The van der Waals surface area contributed by atoms with Crippen molar-refractivity contribution in [2.45, 2.75) is 37.8 Å². The van der Waals surface area contributed by atoms with Crippen LogP contribution in [0, 0.1) is 0 Å². The van der Waals surface area contributed by atoms with Gasteiger partial charge in [0, 0.05) is 16.6 Å². The Kier molecular flexibility index (Phi) is 4.45. The summed E-state index contributed by atoms with van der Waals surface area (Å²) in [6.45, 7) is 0. The molecule has 116 valence electrons. The summed E-state index contributed by atoms with van der Waals surface area (Å²) in [7, 11) is 0.